The molecule has 0 aliphatic carbocycles. The lowest BCUT2D eigenvalue weighted by molar-refractivity contribution is -0.149. The van der Waals surface area contributed by atoms with E-state index in [0.717, 1.165) is 24.0 Å². The van der Waals surface area contributed by atoms with Gasteiger partial charge in [-0.05, 0) is 37.6 Å². The lowest BCUT2D eigenvalue weighted by atomic mass is 9.96. The van der Waals surface area contributed by atoms with E-state index in [0.29, 0.717) is 5.56 Å². The average molecular weight is 250 g/mol. The molecule has 2 rings (SSSR count). The van der Waals surface area contributed by atoms with Gasteiger partial charge in [-0.25, -0.2) is 0 Å². The van der Waals surface area contributed by atoms with Crippen molar-refractivity contribution in [2.45, 2.75) is 32.0 Å². The number of ether oxygens (including phenoxy) is 3. The van der Waals surface area contributed by atoms with Crippen LogP contribution in [0.15, 0.2) is 18.2 Å². The van der Waals surface area contributed by atoms with Crippen LogP contribution in [0.5, 0.6) is 5.75 Å². The van der Waals surface area contributed by atoms with Crippen molar-refractivity contribution in [1.29, 1.82) is 0 Å². The fourth-order valence-corrected chi connectivity index (χ4v) is 2.03. The second kappa shape index (κ2) is 5.08. The van der Waals surface area contributed by atoms with Crippen molar-refractivity contribution in [3.63, 3.8) is 0 Å². The Labute approximate surface area is 107 Å². The Balaban J connectivity index is 2.11. The number of benzene rings is 1. The van der Waals surface area contributed by atoms with Gasteiger partial charge in [0.05, 0.1) is 0 Å². The van der Waals surface area contributed by atoms with Gasteiger partial charge in [0, 0.05) is 19.1 Å². The predicted octanol–water partition coefficient (Wildman–Crippen LogP) is 2.20. The topological polar surface area (TPSA) is 44.8 Å². The van der Waals surface area contributed by atoms with Gasteiger partial charge in [0.2, 0.25) is 0 Å². The molecule has 0 radical (unpaired) electrons. The minimum absolute atomic E-state index is 0.0652. The quantitative estimate of drug-likeness (QED) is 0.593. The highest BCUT2D eigenvalue weighted by Gasteiger charge is 2.37. The van der Waals surface area contributed by atoms with Crippen LogP contribution >= 0.6 is 0 Å². The molecule has 1 aromatic rings. The highest BCUT2D eigenvalue weighted by Crippen LogP contribution is 2.34. The Morgan fingerprint density at radius 2 is 2.28 bits per heavy atom. The van der Waals surface area contributed by atoms with Crippen LogP contribution in [-0.4, -0.2) is 31.9 Å². The second-order valence-electron chi connectivity index (χ2n) is 4.95. The van der Waals surface area contributed by atoms with E-state index in [4.69, 9.17) is 14.2 Å². The largest absolute Gasteiger partial charge is 0.487 e. The molecule has 98 valence electrons. The van der Waals surface area contributed by atoms with E-state index in [2.05, 4.69) is 0 Å². The number of hydrogen-bond donors (Lipinski definition) is 0. The number of rotatable bonds is 5. The molecule has 0 unspecified atom stereocenters. The molecule has 4 nitrogen and oxygen atoms in total. The van der Waals surface area contributed by atoms with E-state index in [1.807, 2.05) is 26.0 Å². The summed E-state index contributed by atoms with van der Waals surface area (Å²) in [7, 11) is 1.59. The van der Waals surface area contributed by atoms with Gasteiger partial charge in [0.15, 0.2) is 0 Å². The molecular weight excluding hydrogens is 232 g/mol. The zero-order valence-electron chi connectivity index (χ0n) is 10.9. The van der Waals surface area contributed by atoms with Crippen molar-refractivity contribution in [2.75, 3.05) is 13.9 Å². The highest BCUT2D eigenvalue weighted by molar-refractivity contribution is 5.75. The van der Waals surface area contributed by atoms with Crippen molar-refractivity contribution in [3.05, 3.63) is 29.3 Å². The van der Waals surface area contributed by atoms with Gasteiger partial charge in [-0.15, -0.1) is 0 Å². The van der Waals surface area contributed by atoms with Gasteiger partial charge in [0.1, 0.15) is 30.5 Å². The molecule has 0 N–H and O–H groups in total. The summed E-state index contributed by atoms with van der Waals surface area (Å²) in [6.07, 6.45) is 1.53. The predicted molar refractivity (Wildman–Crippen MR) is 67.0 cm³/mol. The molecule has 4 heteroatoms. The van der Waals surface area contributed by atoms with Crippen LogP contribution in [-0.2, 0) is 15.9 Å². The molecule has 1 aliphatic rings. The summed E-state index contributed by atoms with van der Waals surface area (Å²) < 4.78 is 16.4. The molecule has 0 spiro atoms. The van der Waals surface area contributed by atoms with E-state index in [1.54, 1.807) is 13.2 Å². The Hall–Kier alpha value is -1.39. The van der Waals surface area contributed by atoms with Gasteiger partial charge < -0.3 is 14.2 Å². The summed E-state index contributed by atoms with van der Waals surface area (Å²) >= 11 is 0. The van der Waals surface area contributed by atoms with Gasteiger partial charge >= 0.3 is 0 Å². The van der Waals surface area contributed by atoms with Crippen molar-refractivity contribution in [3.8, 4) is 5.75 Å². The maximum absolute atomic E-state index is 10.7. The van der Waals surface area contributed by atoms with Crippen molar-refractivity contribution >= 4 is 6.29 Å². The second-order valence-corrected chi connectivity index (χ2v) is 4.95. The molecule has 0 saturated carbocycles. The molecule has 1 aliphatic heterocycles. The summed E-state index contributed by atoms with van der Waals surface area (Å²) in [5.74, 6) is 0.833. The number of hydrogen-bond acceptors (Lipinski definition) is 4. The molecule has 1 aromatic carbocycles. The summed E-state index contributed by atoms with van der Waals surface area (Å²) in [6.45, 7) is 4.19. The first kappa shape index (κ1) is 13.1. The molecule has 0 bridgehead atoms. The zero-order valence-corrected chi connectivity index (χ0v) is 10.9. The smallest absolute Gasteiger partial charge is 0.150 e. The third-order valence-corrected chi connectivity index (χ3v) is 3.22. The molecule has 0 amide bonds. The molecule has 0 aromatic heterocycles. The Bertz CT molecular complexity index is 439. The lowest BCUT2D eigenvalue weighted by Crippen LogP contribution is -2.42. The minimum Gasteiger partial charge on any atom is -0.487 e. The Kier molecular flexibility index (Phi) is 3.68. The zero-order chi connectivity index (χ0) is 13.2. The number of carbonyl (C=O) groups is 1. The highest BCUT2D eigenvalue weighted by atomic mass is 16.7. The molecular formula is C14H18O4. The third kappa shape index (κ3) is 2.54. The third-order valence-electron chi connectivity index (χ3n) is 3.22. The van der Waals surface area contributed by atoms with Crippen LogP contribution in [0.25, 0.3) is 0 Å². The molecule has 0 fully saturated rings. The van der Waals surface area contributed by atoms with E-state index in [1.165, 1.54) is 0 Å². The van der Waals surface area contributed by atoms with Crippen LogP contribution in [0.2, 0.25) is 0 Å². The molecule has 0 saturated heterocycles. The van der Waals surface area contributed by atoms with Gasteiger partial charge in [0.25, 0.3) is 0 Å². The number of carbonyl (C=O) groups excluding carboxylic acids is 1. The average Bonchev–Trinajstić information content (AvgIpc) is 2.79. The van der Waals surface area contributed by atoms with Gasteiger partial charge in [-0.3, -0.25) is 4.79 Å². The summed E-state index contributed by atoms with van der Waals surface area (Å²) in [5, 5.41) is 0. The van der Waals surface area contributed by atoms with Crippen molar-refractivity contribution in [2.24, 2.45) is 0 Å². The SMILES string of the molecule is COCOC(C)(C)[C@@H]1Cc2cc(C=O)ccc2O1. The normalized spacial score (nSPS) is 18.3. The van der Waals surface area contributed by atoms with Crippen molar-refractivity contribution < 1.29 is 19.0 Å². The Morgan fingerprint density at radius 1 is 1.50 bits per heavy atom. The molecule has 18 heavy (non-hydrogen) atoms. The first-order valence-corrected chi connectivity index (χ1v) is 5.94. The van der Waals surface area contributed by atoms with E-state index >= 15 is 0 Å². The van der Waals surface area contributed by atoms with Crippen LogP contribution in [0.1, 0.15) is 29.8 Å². The monoisotopic (exact) mass is 250 g/mol. The fourth-order valence-electron chi connectivity index (χ4n) is 2.03. The van der Waals surface area contributed by atoms with Crippen molar-refractivity contribution in [1.82, 2.24) is 0 Å². The van der Waals surface area contributed by atoms with Crippen LogP contribution in [0, 0.1) is 0 Å². The maximum Gasteiger partial charge on any atom is 0.150 e. The standard InChI is InChI=1S/C14H18O4/c1-14(2,17-9-16-3)13-7-11-6-10(8-15)4-5-12(11)18-13/h4-6,8,13H,7,9H2,1-3H3/t13-/m0/s1. The van der Waals surface area contributed by atoms with E-state index in [-0.39, 0.29) is 12.9 Å². The molecule has 1 atom stereocenters. The minimum atomic E-state index is -0.434. The first-order chi connectivity index (χ1) is 8.56. The number of fused-ring (bicyclic) bond motifs is 1. The summed E-state index contributed by atoms with van der Waals surface area (Å²) in [5.41, 5.74) is 1.29. The fraction of sp³-hybridized carbons (Fsp3) is 0.500. The first-order valence-electron chi connectivity index (χ1n) is 5.94. The summed E-state index contributed by atoms with van der Waals surface area (Å²) in [6, 6.07) is 5.47. The van der Waals surface area contributed by atoms with Crippen LogP contribution < -0.4 is 4.74 Å². The Morgan fingerprint density at radius 3 is 2.94 bits per heavy atom. The number of aldehydes is 1. The maximum atomic E-state index is 10.7. The van der Waals surface area contributed by atoms with Crippen LogP contribution in [0.4, 0.5) is 0 Å². The van der Waals surface area contributed by atoms with Gasteiger partial charge in [-0.1, -0.05) is 0 Å². The number of methoxy groups -OCH3 is 1. The van der Waals surface area contributed by atoms with Gasteiger partial charge in [-0.2, -0.15) is 0 Å². The summed E-state index contributed by atoms with van der Waals surface area (Å²) in [4.78, 5) is 10.7. The van der Waals surface area contributed by atoms with E-state index < -0.39 is 5.60 Å². The molecule has 1 heterocycles. The van der Waals surface area contributed by atoms with Crippen LogP contribution in [0.3, 0.4) is 0 Å². The van der Waals surface area contributed by atoms with E-state index in [9.17, 15) is 4.79 Å². The lowest BCUT2D eigenvalue weighted by Gasteiger charge is -2.30.